The number of rotatable bonds is 0. The van der Waals surface area contributed by atoms with Crippen molar-refractivity contribution in [3.05, 3.63) is 0 Å². The van der Waals surface area contributed by atoms with Crippen LogP contribution in [0.25, 0.3) is 0 Å². The van der Waals surface area contributed by atoms with Gasteiger partial charge in [-0.15, -0.1) is 0 Å². The molecule has 0 atom stereocenters. The van der Waals surface area contributed by atoms with Crippen LogP contribution in [0.15, 0.2) is 0 Å². The lowest BCUT2D eigenvalue weighted by atomic mass is 9.71. The molecule has 0 amide bonds. The van der Waals surface area contributed by atoms with E-state index in [1.807, 2.05) is 0 Å². The van der Waals surface area contributed by atoms with Crippen LogP contribution in [0.5, 0.6) is 0 Å². The zero-order valence-electron chi connectivity index (χ0n) is 11.1. The Morgan fingerprint density at radius 3 is 0.867 bits per heavy atom. The van der Waals surface area contributed by atoms with Crippen LogP contribution >= 0.6 is 0 Å². The molecule has 0 unspecified atom stereocenters. The molecule has 0 spiro atoms. The van der Waals surface area contributed by atoms with Crippen LogP contribution in [-0.2, 0) is 0 Å². The van der Waals surface area contributed by atoms with Crippen molar-refractivity contribution in [2.75, 3.05) is 0 Å². The predicted octanol–water partition coefficient (Wildman–Crippen LogP) is 1.78. The maximum absolute atomic E-state index is 2.45. The van der Waals surface area contributed by atoms with Gasteiger partial charge in [0.15, 0.2) is 0 Å². The van der Waals surface area contributed by atoms with E-state index in [9.17, 15) is 0 Å². The van der Waals surface area contributed by atoms with Crippen molar-refractivity contribution < 1.29 is 0 Å². The maximum atomic E-state index is 2.45. The summed E-state index contributed by atoms with van der Waals surface area (Å²) in [6.07, 6.45) is 13.2. The minimum absolute atomic E-state index is 0.976. The van der Waals surface area contributed by atoms with E-state index in [1.54, 1.807) is 0 Å². The molecular formula is C12H27B3. The first-order valence-electron chi connectivity index (χ1n) is 7.18. The highest BCUT2D eigenvalue weighted by atomic mass is 14.1. The Morgan fingerprint density at radius 1 is 0.467 bits per heavy atom. The van der Waals surface area contributed by atoms with Crippen molar-refractivity contribution in [3.63, 3.8) is 0 Å². The maximum Gasteiger partial charge on any atom is 0.105 e. The summed E-state index contributed by atoms with van der Waals surface area (Å²) in [6, 6.07) is 0. The van der Waals surface area contributed by atoms with Crippen LogP contribution in [0.4, 0.5) is 0 Å². The molecule has 1 fully saturated rings. The van der Waals surface area contributed by atoms with Crippen LogP contribution in [-0.4, -0.2) is 23.5 Å². The third-order valence-electron chi connectivity index (χ3n) is 4.18. The van der Waals surface area contributed by atoms with Gasteiger partial charge in [0.1, 0.15) is 23.5 Å². The lowest BCUT2D eigenvalue weighted by molar-refractivity contribution is 0.504. The van der Waals surface area contributed by atoms with E-state index < -0.39 is 0 Å². The second kappa shape index (κ2) is 7.47. The Balaban J connectivity index is 2.30. The van der Waals surface area contributed by atoms with Gasteiger partial charge in [-0.05, 0) is 0 Å². The highest BCUT2D eigenvalue weighted by molar-refractivity contribution is 6.12. The number of hydrogen-bond donors (Lipinski definition) is 0. The SMILES string of the molecule is BC1CCCC(B)CCCC(B)CCC1. The molecule has 0 nitrogen and oxygen atoms in total. The van der Waals surface area contributed by atoms with Crippen LogP contribution in [0.3, 0.4) is 0 Å². The molecule has 1 aliphatic rings. The Morgan fingerprint density at radius 2 is 0.667 bits per heavy atom. The van der Waals surface area contributed by atoms with Gasteiger partial charge in [0.2, 0.25) is 0 Å². The summed E-state index contributed by atoms with van der Waals surface area (Å²) in [5.74, 6) is 2.93. The zero-order chi connectivity index (χ0) is 11.1. The highest BCUT2D eigenvalue weighted by Gasteiger charge is 2.10. The van der Waals surface area contributed by atoms with Gasteiger partial charge in [-0.3, -0.25) is 0 Å². The van der Waals surface area contributed by atoms with Gasteiger partial charge in [0.05, 0.1) is 0 Å². The summed E-state index contributed by atoms with van der Waals surface area (Å²) in [4.78, 5) is 0. The lowest BCUT2D eigenvalue weighted by Crippen LogP contribution is -2.02. The topological polar surface area (TPSA) is 0 Å². The van der Waals surface area contributed by atoms with Crippen molar-refractivity contribution in [2.45, 2.75) is 75.2 Å². The first-order chi connectivity index (χ1) is 7.18. The fraction of sp³-hybridized carbons (Fsp3) is 1.00. The van der Waals surface area contributed by atoms with Gasteiger partial charge in [0, 0.05) is 0 Å². The fourth-order valence-corrected chi connectivity index (χ4v) is 2.88. The molecule has 84 valence electrons. The summed E-state index contributed by atoms with van der Waals surface area (Å²) < 4.78 is 0. The van der Waals surface area contributed by atoms with E-state index in [1.165, 1.54) is 57.8 Å². The van der Waals surface area contributed by atoms with Crippen molar-refractivity contribution in [2.24, 2.45) is 0 Å². The number of hydrogen-bond acceptors (Lipinski definition) is 0. The van der Waals surface area contributed by atoms with Crippen LogP contribution in [0, 0.1) is 0 Å². The Labute approximate surface area is 99.2 Å². The van der Waals surface area contributed by atoms with Gasteiger partial charge >= 0.3 is 0 Å². The molecule has 1 rings (SSSR count). The first-order valence-corrected chi connectivity index (χ1v) is 7.18. The Bertz CT molecular complexity index is 120. The standard InChI is InChI=1S/C12H27B3/c13-10-4-1-5-11(14)7-3-9-12(15)8-2-6-10/h10-12H,1-9,13-15H2. The lowest BCUT2D eigenvalue weighted by Gasteiger charge is -2.18. The van der Waals surface area contributed by atoms with E-state index in [2.05, 4.69) is 23.5 Å². The molecule has 0 radical (unpaired) electrons. The second-order valence-electron chi connectivity index (χ2n) is 6.11. The fourth-order valence-electron chi connectivity index (χ4n) is 2.88. The summed E-state index contributed by atoms with van der Waals surface area (Å²) in [7, 11) is 7.34. The molecule has 0 saturated heterocycles. The molecule has 15 heavy (non-hydrogen) atoms. The Kier molecular flexibility index (Phi) is 6.60. The van der Waals surface area contributed by atoms with Crippen molar-refractivity contribution >= 4 is 23.5 Å². The quantitative estimate of drug-likeness (QED) is 0.527. The van der Waals surface area contributed by atoms with Gasteiger partial charge in [-0.25, -0.2) is 0 Å². The minimum atomic E-state index is 0.976. The van der Waals surface area contributed by atoms with E-state index in [-0.39, 0.29) is 0 Å². The molecule has 3 heteroatoms. The van der Waals surface area contributed by atoms with E-state index >= 15 is 0 Å². The van der Waals surface area contributed by atoms with Crippen LogP contribution in [0.2, 0.25) is 17.5 Å². The molecule has 0 heterocycles. The highest BCUT2D eigenvalue weighted by Crippen LogP contribution is 2.28. The van der Waals surface area contributed by atoms with Crippen LogP contribution < -0.4 is 0 Å². The van der Waals surface area contributed by atoms with Gasteiger partial charge in [-0.2, -0.15) is 0 Å². The second-order valence-corrected chi connectivity index (χ2v) is 6.11. The largest absolute Gasteiger partial charge is 0.105 e. The van der Waals surface area contributed by atoms with Crippen LogP contribution in [0.1, 0.15) is 57.8 Å². The van der Waals surface area contributed by atoms with Crippen molar-refractivity contribution in [1.82, 2.24) is 0 Å². The average Bonchev–Trinajstić information content (AvgIpc) is 2.16. The molecule has 1 aliphatic carbocycles. The summed E-state index contributed by atoms with van der Waals surface area (Å²) in [5, 5.41) is 0. The van der Waals surface area contributed by atoms with Crippen molar-refractivity contribution in [1.29, 1.82) is 0 Å². The Hall–Kier alpha value is 0.195. The first kappa shape index (κ1) is 13.3. The molecule has 0 aromatic heterocycles. The molecule has 0 aliphatic heterocycles. The zero-order valence-corrected chi connectivity index (χ0v) is 11.1. The summed E-state index contributed by atoms with van der Waals surface area (Å²) in [6.45, 7) is 0. The summed E-state index contributed by atoms with van der Waals surface area (Å²) in [5.41, 5.74) is 0. The third-order valence-corrected chi connectivity index (χ3v) is 4.18. The minimum Gasteiger partial charge on any atom is -0.0697 e. The molecular weight excluding hydrogens is 177 g/mol. The monoisotopic (exact) mass is 204 g/mol. The van der Waals surface area contributed by atoms with Crippen molar-refractivity contribution in [3.8, 4) is 0 Å². The molecule has 1 saturated carbocycles. The van der Waals surface area contributed by atoms with Gasteiger partial charge in [-0.1, -0.05) is 75.2 Å². The molecule has 0 N–H and O–H groups in total. The summed E-state index contributed by atoms with van der Waals surface area (Å²) >= 11 is 0. The third kappa shape index (κ3) is 6.38. The molecule has 0 aromatic carbocycles. The average molecular weight is 204 g/mol. The van der Waals surface area contributed by atoms with Gasteiger partial charge in [0.25, 0.3) is 0 Å². The van der Waals surface area contributed by atoms with E-state index in [4.69, 9.17) is 0 Å². The van der Waals surface area contributed by atoms with E-state index in [0.29, 0.717) is 0 Å². The normalized spacial score (nSPS) is 36.4. The van der Waals surface area contributed by atoms with E-state index in [0.717, 1.165) is 17.5 Å². The van der Waals surface area contributed by atoms with Gasteiger partial charge < -0.3 is 0 Å². The predicted molar refractivity (Wildman–Crippen MR) is 78.4 cm³/mol. The molecule has 0 bridgehead atoms. The smallest absolute Gasteiger partial charge is 0.0697 e. The molecule has 0 aromatic rings.